The van der Waals surface area contributed by atoms with Gasteiger partial charge in [-0.1, -0.05) is 29.8 Å². The molecular weight excluding hydrogens is 637 g/mol. The van der Waals surface area contributed by atoms with E-state index in [1.807, 2.05) is 51.1 Å². The number of rotatable bonds is 8. The molecule has 1 amide bonds. The fourth-order valence-electron chi connectivity index (χ4n) is 6.54. The van der Waals surface area contributed by atoms with E-state index in [0.717, 1.165) is 19.6 Å². The van der Waals surface area contributed by atoms with Gasteiger partial charge in [0.05, 0.1) is 22.0 Å². The lowest BCUT2D eigenvalue weighted by molar-refractivity contribution is -0.0662. The number of nitrogens with one attached hydrogen (secondary N) is 2. The number of amides is 1. The number of ether oxygens (including phenoxy) is 2. The lowest BCUT2D eigenvalue weighted by Gasteiger charge is -2.55. The molecule has 3 fully saturated rings. The number of carbonyl (C=O) groups excluding carboxylic acids is 2. The van der Waals surface area contributed by atoms with Gasteiger partial charge in [-0.2, -0.15) is 0 Å². The molecule has 5 heterocycles. The Morgan fingerprint density at radius 3 is 2.42 bits per heavy atom. The van der Waals surface area contributed by atoms with Crippen molar-refractivity contribution in [3.05, 3.63) is 77.2 Å². The van der Waals surface area contributed by atoms with Crippen molar-refractivity contribution in [3.63, 3.8) is 0 Å². The summed E-state index contributed by atoms with van der Waals surface area (Å²) in [7, 11) is 0. The maximum absolute atomic E-state index is 15.7. The van der Waals surface area contributed by atoms with Gasteiger partial charge in [0, 0.05) is 69.2 Å². The van der Waals surface area contributed by atoms with Crippen LogP contribution in [0.2, 0.25) is 5.02 Å². The summed E-state index contributed by atoms with van der Waals surface area (Å²) < 4.78 is 27.0. The molecule has 0 saturated carbocycles. The highest BCUT2D eigenvalue weighted by molar-refractivity contribution is 6.35. The molecule has 0 spiro atoms. The van der Waals surface area contributed by atoms with Gasteiger partial charge in [0.25, 0.3) is 0 Å². The van der Waals surface area contributed by atoms with E-state index in [-0.39, 0.29) is 22.9 Å². The molecule has 252 valence electrons. The number of benzene rings is 2. The molecule has 3 saturated heterocycles. The summed E-state index contributed by atoms with van der Waals surface area (Å²) >= 11 is 6.57. The number of anilines is 1. The molecule has 4 aromatic rings. The van der Waals surface area contributed by atoms with Crippen molar-refractivity contribution in [2.45, 2.75) is 57.1 Å². The fourth-order valence-corrected chi connectivity index (χ4v) is 6.80. The van der Waals surface area contributed by atoms with E-state index in [0.29, 0.717) is 71.6 Å². The molecule has 13 heteroatoms. The summed E-state index contributed by atoms with van der Waals surface area (Å²) in [5.41, 5.74) is 0.614. The van der Waals surface area contributed by atoms with E-state index < -0.39 is 17.8 Å². The molecule has 48 heavy (non-hydrogen) atoms. The monoisotopic (exact) mass is 675 g/mol. The topological polar surface area (TPSA) is 116 Å². The van der Waals surface area contributed by atoms with E-state index in [2.05, 4.69) is 30.1 Å². The standard InChI is InChI=1S/C35H39ClFN7O4/c1-35(2,3)48-34(46)44-17-22(18-44)43-15-21(16-43)42-12-11-29(28(37)19-42)41-33-30-26(14-38-32(30)39-20-40-33)31(45)25-10-9-24(13-27(25)36)47-23-7-5-4-6-8-23/h4-10,13-14,20-22,28-29H,11-12,15-19H2,1-3H3,(H2,38,39,40,41). The van der Waals surface area contributed by atoms with E-state index in [1.54, 1.807) is 29.3 Å². The van der Waals surface area contributed by atoms with Crippen molar-refractivity contribution >= 4 is 40.3 Å². The third-order valence-electron chi connectivity index (χ3n) is 9.21. The highest BCUT2D eigenvalue weighted by Gasteiger charge is 2.45. The van der Waals surface area contributed by atoms with Crippen LogP contribution < -0.4 is 10.1 Å². The Hall–Kier alpha value is -4.26. The first-order valence-corrected chi connectivity index (χ1v) is 16.7. The zero-order chi connectivity index (χ0) is 33.6. The fraction of sp³-hybridized carbons (Fsp3) is 0.429. The minimum atomic E-state index is -1.13. The van der Waals surface area contributed by atoms with Gasteiger partial charge in [0.15, 0.2) is 5.78 Å². The smallest absolute Gasteiger partial charge is 0.410 e. The number of H-pyrrole nitrogens is 1. The van der Waals surface area contributed by atoms with Gasteiger partial charge >= 0.3 is 6.09 Å². The van der Waals surface area contributed by atoms with Crippen LogP contribution in [0.3, 0.4) is 0 Å². The Morgan fingerprint density at radius 2 is 1.71 bits per heavy atom. The maximum atomic E-state index is 15.7. The Labute approximate surface area is 283 Å². The van der Waals surface area contributed by atoms with E-state index in [4.69, 9.17) is 21.1 Å². The van der Waals surface area contributed by atoms with Gasteiger partial charge in [0.2, 0.25) is 0 Å². The number of nitrogens with zero attached hydrogens (tertiary/aromatic N) is 5. The first kappa shape index (κ1) is 32.3. The van der Waals surface area contributed by atoms with Gasteiger partial charge in [-0.3, -0.25) is 14.6 Å². The van der Waals surface area contributed by atoms with Crippen LogP contribution in [0.15, 0.2) is 61.1 Å². The average molecular weight is 676 g/mol. The number of piperidine rings is 1. The molecule has 11 nitrogen and oxygen atoms in total. The quantitative estimate of drug-likeness (QED) is 0.225. The summed E-state index contributed by atoms with van der Waals surface area (Å²) in [4.78, 5) is 44.1. The maximum Gasteiger partial charge on any atom is 0.410 e. The van der Waals surface area contributed by atoms with Gasteiger partial charge < -0.3 is 24.7 Å². The molecule has 2 N–H and O–H groups in total. The number of hydrogen-bond donors (Lipinski definition) is 2. The third kappa shape index (κ3) is 6.69. The van der Waals surface area contributed by atoms with E-state index in [9.17, 15) is 9.59 Å². The van der Waals surface area contributed by atoms with Crippen molar-refractivity contribution < 1.29 is 23.5 Å². The van der Waals surface area contributed by atoms with Crippen LogP contribution >= 0.6 is 11.6 Å². The van der Waals surface area contributed by atoms with Crippen LogP contribution in [0, 0.1) is 0 Å². The molecule has 2 atom stereocenters. The SMILES string of the molecule is CC(C)(C)OC(=O)N1CC(N2CC(N3CCC(Nc4ncnc5[nH]cc(C(=O)c6ccc(Oc7ccccc7)cc6Cl)c45)C(F)C3)C2)C1. The number of para-hydroxylation sites is 1. The molecule has 3 aliphatic heterocycles. The summed E-state index contributed by atoms with van der Waals surface area (Å²) in [6.07, 6.45) is 2.17. The van der Waals surface area contributed by atoms with E-state index >= 15 is 4.39 Å². The predicted octanol–water partition coefficient (Wildman–Crippen LogP) is 5.76. The second-order valence-corrected chi connectivity index (χ2v) is 14.1. The number of ketones is 1. The Balaban J connectivity index is 0.958. The van der Waals surface area contributed by atoms with Crippen molar-refractivity contribution in [1.82, 2.24) is 29.7 Å². The van der Waals surface area contributed by atoms with Crippen LogP contribution in [0.25, 0.3) is 11.0 Å². The van der Waals surface area contributed by atoms with Gasteiger partial charge in [-0.05, 0) is 51.5 Å². The highest BCUT2D eigenvalue weighted by Crippen LogP contribution is 2.33. The average Bonchev–Trinajstić information content (AvgIpc) is 3.43. The van der Waals surface area contributed by atoms with Crippen LogP contribution in [0.1, 0.15) is 43.1 Å². The molecule has 0 aliphatic carbocycles. The summed E-state index contributed by atoms with van der Waals surface area (Å²) in [6.45, 7) is 9.71. The number of alkyl halides is 1. The molecule has 2 aromatic carbocycles. The van der Waals surface area contributed by atoms with Crippen molar-refractivity contribution in [2.24, 2.45) is 0 Å². The van der Waals surface area contributed by atoms with Crippen molar-refractivity contribution in [2.75, 3.05) is 44.6 Å². The molecule has 2 unspecified atom stereocenters. The molecule has 0 radical (unpaired) electrons. The van der Waals surface area contributed by atoms with Crippen molar-refractivity contribution in [3.8, 4) is 11.5 Å². The van der Waals surface area contributed by atoms with Crippen LogP contribution in [0.5, 0.6) is 11.5 Å². The zero-order valence-electron chi connectivity index (χ0n) is 27.2. The van der Waals surface area contributed by atoms with E-state index in [1.165, 1.54) is 6.33 Å². The number of carbonyl (C=O) groups is 2. The summed E-state index contributed by atoms with van der Waals surface area (Å²) in [5.74, 6) is 1.26. The largest absolute Gasteiger partial charge is 0.457 e. The summed E-state index contributed by atoms with van der Waals surface area (Å²) in [5, 5.41) is 4.03. The molecule has 0 bridgehead atoms. The van der Waals surface area contributed by atoms with Gasteiger partial charge in [-0.25, -0.2) is 19.2 Å². The molecule has 2 aromatic heterocycles. The summed E-state index contributed by atoms with van der Waals surface area (Å²) in [6, 6.07) is 14.4. The molecule has 3 aliphatic rings. The van der Waals surface area contributed by atoms with Crippen LogP contribution in [0.4, 0.5) is 15.0 Å². The first-order valence-electron chi connectivity index (χ1n) is 16.3. The first-order chi connectivity index (χ1) is 23.0. The number of likely N-dealkylation sites (tertiary alicyclic amines) is 3. The highest BCUT2D eigenvalue weighted by atomic mass is 35.5. The minimum absolute atomic E-state index is 0.248. The Kier molecular flexibility index (Phi) is 8.73. The molecule has 7 rings (SSSR count). The Morgan fingerprint density at radius 1 is 0.958 bits per heavy atom. The number of halogens is 2. The van der Waals surface area contributed by atoms with Crippen molar-refractivity contribution in [1.29, 1.82) is 0 Å². The Bertz CT molecular complexity index is 1800. The lowest BCUT2D eigenvalue weighted by Crippen LogP contribution is -2.71. The second-order valence-electron chi connectivity index (χ2n) is 13.7. The predicted molar refractivity (Wildman–Crippen MR) is 181 cm³/mol. The number of hydrogen-bond acceptors (Lipinski definition) is 9. The van der Waals surface area contributed by atoms with Gasteiger partial charge in [0.1, 0.15) is 41.1 Å². The second kappa shape index (κ2) is 13.0. The third-order valence-corrected chi connectivity index (χ3v) is 9.52. The van der Waals surface area contributed by atoms with Gasteiger partial charge in [-0.15, -0.1) is 0 Å². The van der Waals surface area contributed by atoms with Crippen LogP contribution in [-0.2, 0) is 4.74 Å². The number of aromatic nitrogens is 3. The minimum Gasteiger partial charge on any atom is -0.457 e. The zero-order valence-corrected chi connectivity index (χ0v) is 27.9. The molecular formula is C35H39ClFN7O4. The number of fused-ring (bicyclic) bond motifs is 1. The van der Waals surface area contributed by atoms with Crippen LogP contribution in [-0.4, -0.2) is 111 Å². The number of aromatic amines is 1. The normalized spacial score (nSPS) is 21.1. The lowest BCUT2D eigenvalue weighted by atomic mass is 9.95.